The second kappa shape index (κ2) is 43.2. The van der Waals surface area contributed by atoms with Gasteiger partial charge in [-0.2, -0.15) is 75.8 Å². The van der Waals surface area contributed by atoms with Crippen LogP contribution in [-0.4, -0.2) is 148 Å². The Labute approximate surface area is 333 Å². The van der Waals surface area contributed by atoms with Gasteiger partial charge in [0.15, 0.2) is 0 Å². The van der Waals surface area contributed by atoms with Crippen LogP contribution in [0.15, 0.2) is 0 Å². The molecule has 6 atom stereocenters. The third-order valence-electron chi connectivity index (χ3n) is 5.51. The highest BCUT2D eigenvalue weighted by molar-refractivity contribution is 7.81. The second-order valence-corrected chi connectivity index (χ2v) is 12.9. The zero-order valence-corrected chi connectivity index (χ0v) is 35.0. The van der Waals surface area contributed by atoms with E-state index in [2.05, 4.69) is 75.8 Å². The van der Waals surface area contributed by atoms with Crippen molar-refractivity contribution in [2.75, 3.05) is 60.9 Å². The van der Waals surface area contributed by atoms with Crippen LogP contribution in [0.1, 0.15) is 41.5 Å². The molecule has 0 saturated heterocycles. The first-order valence-corrected chi connectivity index (χ1v) is 18.6. The van der Waals surface area contributed by atoms with Crippen molar-refractivity contribution in [3.63, 3.8) is 0 Å². The minimum absolute atomic E-state index is 0.316. The lowest BCUT2D eigenvalue weighted by Crippen LogP contribution is -2.37. The van der Waals surface area contributed by atoms with Gasteiger partial charge in [-0.1, -0.05) is 41.5 Å². The SMILES string of the molecule is CC(CS)C(=O)O.CC(CS)C(=O)O.CC(CS)C(=O)O.CC(CS)C(=O)O.CC(CS)C(=O)O.CC(CS)C(=O)O.OCC(CO)(CO)CO. The summed E-state index contributed by atoms with van der Waals surface area (Å²) in [5.41, 5.74) is -1.11. The monoisotopic (exact) mass is 856 g/mol. The maximum absolute atomic E-state index is 9.88. The highest BCUT2D eigenvalue weighted by atomic mass is 32.1. The van der Waals surface area contributed by atoms with Gasteiger partial charge in [-0.25, -0.2) is 0 Å². The molecule has 51 heavy (non-hydrogen) atoms. The molecule has 0 aliphatic carbocycles. The van der Waals surface area contributed by atoms with Gasteiger partial charge in [-0.05, 0) is 0 Å². The summed E-state index contributed by atoms with van der Waals surface area (Å²) in [6, 6.07) is 0. The zero-order valence-electron chi connectivity index (χ0n) is 29.6. The first kappa shape index (κ1) is 64.7. The number of carboxylic acids is 6. The van der Waals surface area contributed by atoms with E-state index in [1.165, 1.54) is 0 Å². The van der Waals surface area contributed by atoms with Gasteiger partial charge < -0.3 is 51.1 Å². The molecule has 6 unspecified atom stereocenters. The smallest absolute Gasteiger partial charge is 0.307 e. The molecule has 16 nitrogen and oxygen atoms in total. The zero-order chi connectivity index (χ0) is 42.5. The predicted octanol–water partition coefficient (Wildman–Crippen LogP) is 1.76. The molecular formula is C29H60O16S6. The fourth-order valence-corrected chi connectivity index (χ4v) is 1.71. The summed E-state index contributed by atoms with van der Waals surface area (Å²) in [5, 5.41) is 82.8. The molecule has 0 radical (unpaired) electrons. The van der Waals surface area contributed by atoms with Crippen molar-refractivity contribution in [3.8, 4) is 0 Å². The Hall–Kier alpha value is -1.24. The third-order valence-corrected chi connectivity index (χ3v) is 8.80. The minimum atomic E-state index is -1.11. The Kier molecular flexibility index (Phi) is 54.8. The third kappa shape index (κ3) is 48.8. The summed E-state index contributed by atoms with van der Waals surface area (Å²) in [4.78, 5) is 59.3. The van der Waals surface area contributed by atoms with Gasteiger partial charge in [0.2, 0.25) is 0 Å². The topological polar surface area (TPSA) is 305 Å². The maximum Gasteiger partial charge on any atom is 0.307 e. The molecular weight excluding hydrogens is 797 g/mol. The van der Waals surface area contributed by atoms with Crippen molar-refractivity contribution in [3.05, 3.63) is 0 Å². The average Bonchev–Trinajstić information content (AvgIpc) is 3.11. The molecule has 0 rings (SSSR count). The van der Waals surface area contributed by atoms with Gasteiger partial charge in [-0.15, -0.1) is 0 Å². The normalized spacial score (nSPS) is 13.2. The number of aliphatic hydroxyl groups is 4. The lowest BCUT2D eigenvalue weighted by Gasteiger charge is -2.23. The van der Waals surface area contributed by atoms with Gasteiger partial charge in [0.25, 0.3) is 0 Å². The van der Waals surface area contributed by atoms with Crippen LogP contribution in [0.5, 0.6) is 0 Å². The Morgan fingerprint density at radius 2 is 0.451 bits per heavy atom. The molecule has 0 spiro atoms. The molecule has 308 valence electrons. The Bertz CT molecular complexity index is 724. The summed E-state index contributed by atoms with van der Waals surface area (Å²) in [6.45, 7) is 8.10. The van der Waals surface area contributed by atoms with Crippen LogP contribution in [0.4, 0.5) is 0 Å². The fraction of sp³-hybridized carbons (Fsp3) is 0.793. The fourth-order valence-electron chi connectivity index (χ4n) is 0.769. The van der Waals surface area contributed by atoms with E-state index < -0.39 is 67.7 Å². The highest BCUT2D eigenvalue weighted by Gasteiger charge is 2.26. The van der Waals surface area contributed by atoms with Gasteiger partial charge in [-0.3, -0.25) is 28.8 Å². The van der Waals surface area contributed by atoms with Crippen LogP contribution in [0, 0.1) is 40.9 Å². The summed E-state index contributed by atoms with van der Waals surface area (Å²) in [5.74, 6) is -4.12. The molecule has 22 heteroatoms. The molecule has 0 aliphatic rings. The molecule has 0 aromatic carbocycles. The highest BCUT2D eigenvalue weighted by Crippen LogP contribution is 2.11. The van der Waals surface area contributed by atoms with Gasteiger partial charge in [0, 0.05) is 34.5 Å². The van der Waals surface area contributed by atoms with E-state index >= 15 is 0 Å². The molecule has 0 saturated carbocycles. The summed E-state index contributed by atoms with van der Waals surface area (Å²) >= 11 is 22.6. The molecule has 0 bridgehead atoms. The lowest BCUT2D eigenvalue weighted by atomic mass is 9.93. The number of aliphatic hydroxyl groups excluding tert-OH is 4. The van der Waals surface area contributed by atoms with Crippen molar-refractivity contribution >= 4 is 112 Å². The average molecular weight is 857 g/mol. The standard InChI is InChI=1S/C5H12O4.6C4H8O2S/c6-1-5(2-7,3-8)4-9;6*1-3(2-7)4(5)6/h6-9H,1-4H2;6*3,7H,2H2,1H3,(H,5,6). The van der Waals surface area contributed by atoms with E-state index in [-0.39, 0.29) is 35.5 Å². The molecule has 0 aromatic rings. The number of thiol groups is 6. The summed E-state index contributed by atoms with van der Waals surface area (Å²) < 4.78 is 0. The largest absolute Gasteiger partial charge is 0.481 e. The minimum Gasteiger partial charge on any atom is -0.481 e. The van der Waals surface area contributed by atoms with Crippen molar-refractivity contribution in [1.82, 2.24) is 0 Å². The van der Waals surface area contributed by atoms with Gasteiger partial charge in [0.05, 0.1) is 67.3 Å². The van der Waals surface area contributed by atoms with E-state index in [0.717, 1.165) is 0 Å². The van der Waals surface area contributed by atoms with Crippen LogP contribution in [0.25, 0.3) is 0 Å². The van der Waals surface area contributed by atoms with E-state index in [1.807, 2.05) is 0 Å². The predicted molar refractivity (Wildman–Crippen MR) is 215 cm³/mol. The van der Waals surface area contributed by atoms with Crippen LogP contribution >= 0.6 is 75.8 Å². The molecule has 10 N–H and O–H groups in total. The quantitative estimate of drug-likeness (QED) is 0.0984. The summed E-state index contributed by atoms with van der Waals surface area (Å²) in [6.07, 6.45) is 0. The van der Waals surface area contributed by atoms with E-state index in [1.54, 1.807) is 41.5 Å². The molecule has 0 heterocycles. The molecule has 0 aliphatic heterocycles. The van der Waals surface area contributed by atoms with Crippen molar-refractivity contribution < 1.29 is 79.8 Å². The molecule has 0 fully saturated rings. The van der Waals surface area contributed by atoms with Crippen molar-refractivity contribution in [2.24, 2.45) is 40.9 Å². The van der Waals surface area contributed by atoms with Crippen LogP contribution < -0.4 is 0 Å². The van der Waals surface area contributed by atoms with Crippen molar-refractivity contribution in [2.45, 2.75) is 41.5 Å². The second-order valence-electron chi connectivity index (χ2n) is 10.7. The van der Waals surface area contributed by atoms with E-state index in [4.69, 9.17) is 51.1 Å². The Morgan fingerprint density at radius 1 is 0.353 bits per heavy atom. The summed E-state index contributed by atoms with van der Waals surface area (Å²) in [7, 11) is 0. The number of carbonyl (C=O) groups is 6. The number of hydrogen-bond donors (Lipinski definition) is 16. The first-order chi connectivity index (χ1) is 23.3. The Balaban J connectivity index is -0.0000000888. The van der Waals surface area contributed by atoms with E-state index in [0.29, 0.717) is 34.5 Å². The molecule has 0 aromatic heterocycles. The van der Waals surface area contributed by atoms with Gasteiger partial charge >= 0.3 is 35.8 Å². The van der Waals surface area contributed by atoms with Gasteiger partial charge in [0.1, 0.15) is 0 Å². The molecule has 0 amide bonds. The lowest BCUT2D eigenvalue weighted by molar-refractivity contribution is -0.141. The number of rotatable bonds is 16. The number of carboxylic acid groups (broad SMARTS) is 6. The van der Waals surface area contributed by atoms with Crippen LogP contribution in [0.3, 0.4) is 0 Å². The van der Waals surface area contributed by atoms with Crippen LogP contribution in [0.2, 0.25) is 0 Å². The number of hydrogen-bond acceptors (Lipinski definition) is 16. The number of aliphatic carboxylic acids is 6. The maximum atomic E-state index is 9.88. The van der Waals surface area contributed by atoms with Crippen molar-refractivity contribution in [1.29, 1.82) is 0 Å². The van der Waals surface area contributed by atoms with Crippen LogP contribution in [-0.2, 0) is 28.8 Å². The van der Waals surface area contributed by atoms with E-state index in [9.17, 15) is 28.8 Å². The first-order valence-electron chi connectivity index (χ1n) is 14.8. The Morgan fingerprint density at radius 3 is 0.451 bits per heavy atom.